The summed E-state index contributed by atoms with van der Waals surface area (Å²) in [6.07, 6.45) is 2.50. The van der Waals surface area contributed by atoms with Crippen LogP contribution in [0.15, 0.2) is 18.5 Å². The summed E-state index contributed by atoms with van der Waals surface area (Å²) < 4.78 is 0. The molecule has 2 N–H and O–H groups in total. The average molecular weight is 210 g/mol. The van der Waals surface area contributed by atoms with Crippen molar-refractivity contribution in [3.63, 3.8) is 0 Å². The molecule has 0 aliphatic carbocycles. The second kappa shape index (κ2) is 4.12. The molecule has 1 heterocycles. The second-order valence-corrected chi connectivity index (χ2v) is 4.15. The highest BCUT2D eigenvalue weighted by Gasteiger charge is 2.14. The number of carbonyl (C=O) groups excluding carboxylic acids is 1. The lowest BCUT2D eigenvalue weighted by molar-refractivity contribution is -0.668. The molecule has 0 saturated heterocycles. The Bertz CT molecular complexity index is 359. The van der Waals surface area contributed by atoms with Gasteiger partial charge in [-0.1, -0.05) is 4.85 Å². The maximum Gasteiger partial charge on any atom is 0.319 e. The zero-order valence-corrected chi connectivity index (χ0v) is 8.94. The summed E-state index contributed by atoms with van der Waals surface area (Å²) in [5, 5.41) is 19.4. The van der Waals surface area contributed by atoms with E-state index in [0.29, 0.717) is 10.5 Å². The van der Waals surface area contributed by atoms with E-state index < -0.39 is 0 Å². The fourth-order valence-electron chi connectivity index (χ4n) is 0.952. The van der Waals surface area contributed by atoms with Gasteiger partial charge in [-0.15, -0.1) is 0 Å². The van der Waals surface area contributed by atoms with Gasteiger partial charge < -0.3 is 15.8 Å². The lowest BCUT2D eigenvalue weighted by Gasteiger charge is -2.20. The molecule has 0 atom stereocenters. The molecule has 15 heavy (non-hydrogen) atoms. The maximum atomic E-state index is 11.4. The molecule has 0 fully saturated rings. The molecule has 1 rings (SSSR count). The molecule has 1 aromatic heterocycles. The summed E-state index contributed by atoms with van der Waals surface area (Å²) >= 11 is 0. The maximum absolute atomic E-state index is 11.4. The monoisotopic (exact) mass is 210 g/mol. The van der Waals surface area contributed by atoms with Gasteiger partial charge in [0.1, 0.15) is 5.69 Å². The van der Waals surface area contributed by atoms with E-state index in [1.165, 1.54) is 18.5 Å². The summed E-state index contributed by atoms with van der Waals surface area (Å²) in [6, 6.07) is 1.19. The van der Waals surface area contributed by atoms with E-state index in [1.54, 1.807) is 0 Å². The Morgan fingerprint density at radius 1 is 1.53 bits per heavy atom. The van der Waals surface area contributed by atoms with Crippen molar-refractivity contribution in [3.8, 4) is 0 Å². The van der Waals surface area contributed by atoms with Gasteiger partial charge in [0.15, 0.2) is 0 Å². The molecule has 0 aliphatic heterocycles. The molecule has 0 unspecified atom stereocenters. The SMILES string of the molecule is CC(C)(C)NC(=O)Nc1ccn[n+]([O-])c1. The standard InChI is InChI=1S/C9H14N4O2/c1-9(2,3)12-8(14)11-7-4-5-10-13(15)6-7/h4-6H,1-3H3,(H2,11,12,14). The van der Waals surface area contributed by atoms with E-state index in [2.05, 4.69) is 15.7 Å². The molecule has 0 bridgehead atoms. The predicted molar refractivity (Wildman–Crippen MR) is 55.1 cm³/mol. The summed E-state index contributed by atoms with van der Waals surface area (Å²) in [6.45, 7) is 5.60. The zero-order valence-electron chi connectivity index (χ0n) is 8.94. The number of amides is 2. The van der Waals surface area contributed by atoms with Crippen LogP contribution in [0.25, 0.3) is 0 Å². The topological polar surface area (TPSA) is 81.0 Å². The van der Waals surface area contributed by atoms with Crippen LogP contribution in [-0.4, -0.2) is 16.7 Å². The summed E-state index contributed by atoms with van der Waals surface area (Å²) in [7, 11) is 0. The van der Waals surface area contributed by atoms with Crippen molar-refractivity contribution in [2.75, 3.05) is 5.32 Å². The fraction of sp³-hybridized carbons (Fsp3) is 0.444. The molecule has 0 aromatic carbocycles. The second-order valence-electron chi connectivity index (χ2n) is 4.15. The fourth-order valence-corrected chi connectivity index (χ4v) is 0.952. The van der Waals surface area contributed by atoms with E-state index in [1.807, 2.05) is 20.8 Å². The molecule has 82 valence electrons. The Labute approximate surface area is 87.9 Å². The van der Waals surface area contributed by atoms with Gasteiger partial charge in [0, 0.05) is 10.6 Å². The smallest absolute Gasteiger partial charge is 0.319 e. The molecule has 6 nitrogen and oxygen atoms in total. The van der Waals surface area contributed by atoms with Crippen molar-refractivity contribution in [2.24, 2.45) is 0 Å². The van der Waals surface area contributed by atoms with Crippen LogP contribution in [0.1, 0.15) is 20.8 Å². The third kappa shape index (κ3) is 4.26. The highest BCUT2D eigenvalue weighted by Crippen LogP contribution is 2.02. The van der Waals surface area contributed by atoms with Crippen LogP contribution in [0.2, 0.25) is 0 Å². The number of nitrogens with zero attached hydrogens (tertiary/aromatic N) is 2. The molecule has 6 heteroatoms. The molecule has 1 aromatic rings. The number of carbonyl (C=O) groups is 1. The Hall–Kier alpha value is -1.85. The minimum absolute atomic E-state index is 0.315. The average Bonchev–Trinajstić information content (AvgIpc) is 1.99. The number of rotatable bonds is 1. The number of urea groups is 1. The van der Waals surface area contributed by atoms with Crippen LogP contribution in [0.3, 0.4) is 0 Å². The first-order valence-corrected chi connectivity index (χ1v) is 4.51. The highest BCUT2D eigenvalue weighted by atomic mass is 16.5. The molecule has 0 aliphatic rings. The number of hydrogen-bond acceptors (Lipinski definition) is 3. The van der Waals surface area contributed by atoms with E-state index in [-0.39, 0.29) is 11.6 Å². The Kier molecular flexibility index (Phi) is 3.08. The molecule has 0 saturated carbocycles. The lowest BCUT2D eigenvalue weighted by atomic mass is 10.1. The molecule has 0 spiro atoms. The van der Waals surface area contributed by atoms with Crippen molar-refractivity contribution in [2.45, 2.75) is 26.3 Å². The molecular weight excluding hydrogens is 196 g/mol. The Morgan fingerprint density at radius 3 is 2.73 bits per heavy atom. The normalized spacial score (nSPS) is 10.9. The lowest BCUT2D eigenvalue weighted by Crippen LogP contribution is -2.43. The van der Waals surface area contributed by atoms with Gasteiger partial charge in [-0.3, -0.25) is 0 Å². The van der Waals surface area contributed by atoms with Gasteiger partial charge in [0.25, 0.3) is 0 Å². The summed E-state index contributed by atoms with van der Waals surface area (Å²) in [5.74, 6) is 0. The van der Waals surface area contributed by atoms with Crippen LogP contribution in [0.4, 0.5) is 10.5 Å². The van der Waals surface area contributed by atoms with Crippen LogP contribution in [0.5, 0.6) is 0 Å². The highest BCUT2D eigenvalue weighted by molar-refractivity contribution is 5.89. The Morgan fingerprint density at radius 2 is 2.20 bits per heavy atom. The van der Waals surface area contributed by atoms with Gasteiger partial charge in [0.05, 0.1) is 6.20 Å². The Balaban J connectivity index is 2.59. The van der Waals surface area contributed by atoms with Crippen molar-refractivity contribution < 1.29 is 9.64 Å². The largest absolute Gasteiger partial charge is 0.594 e. The van der Waals surface area contributed by atoms with Crippen molar-refractivity contribution >= 4 is 11.7 Å². The number of hydrogen-bond donors (Lipinski definition) is 2. The van der Waals surface area contributed by atoms with Crippen molar-refractivity contribution in [1.82, 2.24) is 10.4 Å². The van der Waals surface area contributed by atoms with Crippen molar-refractivity contribution in [1.29, 1.82) is 0 Å². The summed E-state index contributed by atoms with van der Waals surface area (Å²) in [5.41, 5.74) is 0.0895. The third-order valence-electron chi connectivity index (χ3n) is 1.43. The third-order valence-corrected chi connectivity index (χ3v) is 1.43. The number of nitrogens with one attached hydrogen (secondary N) is 2. The first-order valence-electron chi connectivity index (χ1n) is 4.51. The summed E-state index contributed by atoms with van der Waals surface area (Å²) in [4.78, 5) is 11.8. The minimum atomic E-state index is -0.353. The van der Waals surface area contributed by atoms with Crippen LogP contribution < -0.4 is 15.5 Å². The quantitative estimate of drug-likeness (QED) is 0.527. The van der Waals surface area contributed by atoms with Gasteiger partial charge >= 0.3 is 6.03 Å². The van der Waals surface area contributed by atoms with E-state index in [0.717, 1.165) is 0 Å². The number of aromatic nitrogens is 2. The van der Waals surface area contributed by atoms with E-state index >= 15 is 0 Å². The number of anilines is 1. The first-order chi connectivity index (χ1) is 6.87. The van der Waals surface area contributed by atoms with Gasteiger partial charge in [-0.05, 0) is 26.8 Å². The zero-order chi connectivity index (χ0) is 11.5. The van der Waals surface area contributed by atoms with Crippen LogP contribution in [-0.2, 0) is 0 Å². The van der Waals surface area contributed by atoms with E-state index in [4.69, 9.17) is 0 Å². The first kappa shape index (κ1) is 11.2. The van der Waals surface area contributed by atoms with Crippen LogP contribution >= 0.6 is 0 Å². The van der Waals surface area contributed by atoms with Crippen molar-refractivity contribution in [3.05, 3.63) is 23.7 Å². The molecular formula is C9H14N4O2. The molecule has 0 radical (unpaired) electrons. The minimum Gasteiger partial charge on any atom is -0.594 e. The van der Waals surface area contributed by atoms with Gasteiger partial charge in [0.2, 0.25) is 6.20 Å². The molecule has 2 amide bonds. The van der Waals surface area contributed by atoms with E-state index in [9.17, 15) is 10.0 Å². The van der Waals surface area contributed by atoms with Gasteiger partial charge in [-0.25, -0.2) is 4.79 Å². The van der Waals surface area contributed by atoms with Gasteiger partial charge in [-0.2, -0.15) is 0 Å². The predicted octanol–water partition coefficient (Wildman–Crippen LogP) is 0.635. The van der Waals surface area contributed by atoms with Crippen LogP contribution in [0, 0.1) is 5.21 Å².